The molecule has 1 aromatic carbocycles. The maximum atomic E-state index is 12.3. The first kappa shape index (κ1) is 17.5. The summed E-state index contributed by atoms with van der Waals surface area (Å²) < 4.78 is 11.2. The molecular formula is C18H24N2O5. The van der Waals surface area contributed by atoms with Crippen molar-refractivity contribution in [2.75, 3.05) is 31.6 Å². The molecule has 1 aromatic rings. The van der Waals surface area contributed by atoms with Crippen molar-refractivity contribution < 1.29 is 24.2 Å². The Hall–Kier alpha value is -2.28. The number of carboxylic acids is 1. The Morgan fingerprint density at radius 3 is 2.72 bits per heavy atom. The van der Waals surface area contributed by atoms with Gasteiger partial charge in [-0.3, -0.25) is 4.79 Å². The van der Waals surface area contributed by atoms with Gasteiger partial charge in [0, 0.05) is 25.4 Å². The molecule has 2 N–H and O–H groups in total. The predicted octanol–water partition coefficient (Wildman–Crippen LogP) is 2.57. The predicted molar refractivity (Wildman–Crippen MR) is 91.9 cm³/mol. The number of carboxylic acid groups (broad SMARTS) is 1. The highest BCUT2D eigenvalue weighted by Crippen LogP contribution is 2.20. The summed E-state index contributed by atoms with van der Waals surface area (Å²) in [5.74, 6) is -0.587. The molecule has 0 aliphatic carbocycles. The average molecular weight is 348 g/mol. The number of anilines is 1. The van der Waals surface area contributed by atoms with Gasteiger partial charge in [0.15, 0.2) is 0 Å². The Bertz CT molecular complexity index is 598. The third-order valence-electron chi connectivity index (χ3n) is 4.62. The van der Waals surface area contributed by atoms with E-state index in [2.05, 4.69) is 5.32 Å². The highest BCUT2D eigenvalue weighted by atomic mass is 16.5. The Morgan fingerprint density at radius 1 is 1.24 bits per heavy atom. The summed E-state index contributed by atoms with van der Waals surface area (Å²) in [7, 11) is 0. The number of urea groups is 1. The fraction of sp³-hybridized carbons (Fsp3) is 0.556. The Balaban J connectivity index is 1.48. The number of aliphatic carboxylic acids is 1. The van der Waals surface area contributed by atoms with Crippen LogP contribution in [0.25, 0.3) is 0 Å². The molecule has 2 heterocycles. The molecule has 0 spiro atoms. The van der Waals surface area contributed by atoms with E-state index in [-0.39, 0.29) is 18.7 Å². The molecule has 7 nitrogen and oxygen atoms in total. The Labute approximate surface area is 146 Å². The lowest BCUT2D eigenvalue weighted by Gasteiger charge is -2.30. The maximum Gasteiger partial charge on any atom is 0.321 e. The first-order chi connectivity index (χ1) is 12.1. The molecule has 2 atom stereocenters. The number of hydrogen-bond donors (Lipinski definition) is 2. The Morgan fingerprint density at radius 2 is 2.04 bits per heavy atom. The highest BCUT2D eigenvalue weighted by Gasteiger charge is 2.28. The summed E-state index contributed by atoms with van der Waals surface area (Å²) in [5, 5.41) is 11.9. The first-order valence-corrected chi connectivity index (χ1v) is 8.75. The van der Waals surface area contributed by atoms with E-state index in [0.717, 1.165) is 25.2 Å². The van der Waals surface area contributed by atoms with Crippen molar-refractivity contribution in [3.05, 3.63) is 24.3 Å². The molecule has 2 aliphatic rings. The normalized spacial score (nSPS) is 23.3. The largest absolute Gasteiger partial charge is 0.491 e. The SMILES string of the molecule is O=C(O)C1CCCN(C(=O)Nc2ccc(OCC3CCCO3)cc2)C1. The van der Waals surface area contributed by atoms with Crippen molar-refractivity contribution >= 4 is 17.7 Å². The molecule has 2 aliphatic heterocycles. The van der Waals surface area contributed by atoms with Crippen LogP contribution in [0, 0.1) is 5.92 Å². The van der Waals surface area contributed by atoms with Crippen LogP contribution in [-0.4, -0.2) is 54.4 Å². The fourth-order valence-electron chi connectivity index (χ4n) is 3.17. The van der Waals surface area contributed by atoms with E-state index in [0.29, 0.717) is 31.7 Å². The molecule has 7 heteroatoms. The van der Waals surface area contributed by atoms with Crippen molar-refractivity contribution in [2.45, 2.75) is 31.8 Å². The van der Waals surface area contributed by atoms with Crippen LogP contribution >= 0.6 is 0 Å². The lowest BCUT2D eigenvalue weighted by atomic mass is 9.99. The van der Waals surface area contributed by atoms with E-state index in [1.54, 1.807) is 29.2 Å². The molecule has 3 rings (SSSR count). The van der Waals surface area contributed by atoms with E-state index < -0.39 is 11.9 Å². The van der Waals surface area contributed by atoms with Crippen LogP contribution in [-0.2, 0) is 9.53 Å². The van der Waals surface area contributed by atoms with E-state index in [4.69, 9.17) is 14.6 Å². The molecule has 0 saturated carbocycles. The second kappa shape index (κ2) is 8.20. The summed E-state index contributed by atoms with van der Waals surface area (Å²) in [4.78, 5) is 24.9. The minimum absolute atomic E-state index is 0.167. The van der Waals surface area contributed by atoms with Gasteiger partial charge in [-0.1, -0.05) is 0 Å². The van der Waals surface area contributed by atoms with Crippen molar-refractivity contribution in [3.63, 3.8) is 0 Å². The van der Waals surface area contributed by atoms with Crippen LogP contribution < -0.4 is 10.1 Å². The average Bonchev–Trinajstić information content (AvgIpc) is 3.15. The fourth-order valence-corrected chi connectivity index (χ4v) is 3.17. The third-order valence-corrected chi connectivity index (χ3v) is 4.62. The second-order valence-electron chi connectivity index (χ2n) is 6.52. The van der Waals surface area contributed by atoms with Crippen LogP contribution in [0.4, 0.5) is 10.5 Å². The Kier molecular flexibility index (Phi) is 5.75. The van der Waals surface area contributed by atoms with Crippen molar-refractivity contribution in [3.8, 4) is 5.75 Å². The molecule has 2 unspecified atom stereocenters. The van der Waals surface area contributed by atoms with Crippen LogP contribution in [0.5, 0.6) is 5.75 Å². The molecule has 2 saturated heterocycles. The number of piperidine rings is 1. The van der Waals surface area contributed by atoms with Crippen molar-refractivity contribution in [1.29, 1.82) is 0 Å². The van der Waals surface area contributed by atoms with E-state index in [1.165, 1.54) is 0 Å². The number of ether oxygens (including phenoxy) is 2. The zero-order valence-corrected chi connectivity index (χ0v) is 14.1. The third kappa shape index (κ3) is 4.85. The number of benzene rings is 1. The molecule has 25 heavy (non-hydrogen) atoms. The summed E-state index contributed by atoms with van der Waals surface area (Å²) in [6, 6.07) is 6.91. The molecular weight excluding hydrogens is 324 g/mol. The number of carbonyl (C=O) groups excluding carboxylic acids is 1. The van der Waals surface area contributed by atoms with Crippen LogP contribution in [0.1, 0.15) is 25.7 Å². The number of nitrogens with zero attached hydrogens (tertiary/aromatic N) is 1. The molecule has 136 valence electrons. The topological polar surface area (TPSA) is 88.1 Å². The summed E-state index contributed by atoms with van der Waals surface area (Å²) in [6.45, 7) is 2.18. The lowest BCUT2D eigenvalue weighted by Crippen LogP contribution is -2.44. The minimum atomic E-state index is -0.842. The summed E-state index contributed by atoms with van der Waals surface area (Å²) in [5.41, 5.74) is 0.659. The highest BCUT2D eigenvalue weighted by molar-refractivity contribution is 5.89. The van der Waals surface area contributed by atoms with Gasteiger partial charge in [0.05, 0.1) is 12.0 Å². The number of rotatable bonds is 5. The number of amides is 2. The van der Waals surface area contributed by atoms with Crippen molar-refractivity contribution in [2.24, 2.45) is 5.92 Å². The van der Waals surface area contributed by atoms with Crippen LogP contribution in [0.15, 0.2) is 24.3 Å². The van der Waals surface area contributed by atoms with E-state index in [1.807, 2.05) is 0 Å². The van der Waals surface area contributed by atoms with Gasteiger partial charge in [-0.05, 0) is 49.9 Å². The van der Waals surface area contributed by atoms with Gasteiger partial charge >= 0.3 is 12.0 Å². The van der Waals surface area contributed by atoms with E-state index in [9.17, 15) is 9.59 Å². The number of hydrogen-bond acceptors (Lipinski definition) is 4. The van der Waals surface area contributed by atoms with Gasteiger partial charge in [-0.2, -0.15) is 0 Å². The lowest BCUT2D eigenvalue weighted by molar-refractivity contribution is -0.143. The smallest absolute Gasteiger partial charge is 0.321 e. The molecule has 0 radical (unpaired) electrons. The van der Waals surface area contributed by atoms with Gasteiger partial charge < -0.3 is 24.8 Å². The number of carbonyl (C=O) groups is 2. The van der Waals surface area contributed by atoms with Crippen LogP contribution in [0.3, 0.4) is 0 Å². The second-order valence-corrected chi connectivity index (χ2v) is 6.52. The standard InChI is InChI=1S/C18H24N2O5/c21-17(22)13-3-1-9-20(11-13)18(23)19-14-5-7-15(8-6-14)25-12-16-4-2-10-24-16/h5-8,13,16H,1-4,9-12H2,(H,19,23)(H,21,22). The molecule has 2 fully saturated rings. The quantitative estimate of drug-likeness (QED) is 0.854. The summed E-state index contributed by atoms with van der Waals surface area (Å²) in [6.07, 6.45) is 3.61. The summed E-state index contributed by atoms with van der Waals surface area (Å²) >= 11 is 0. The van der Waals surface area contributed by atoms with E-state index >= 15 is 0 Å². The minimum Gasteiger partial charge on any atom is -0.491 e. The van der Waals surface area contributed by atoms with Gasteiger partial charge in [0.25, 0.3) is 0 Å². The zero-order valence-electron chi connectivity index (χ0n) is 14.1. The van der Waals surface area contributed by atoms with Crippen LogP contribution in [0.2, 0.25) is 0 Å². The van der Waals surface area contributed by atoms with Gasteiger partial charge in [0.1, 0.15) is 12.4 Å². The first-order valence-electron chi connectivity index (χ1n) is 8.75. The number of likely N-dealkylation sites (tertiary alicyclic amines) is 1. The number of nitrogens with one attached hydrogen (secondary N) is 1. The van der Waals surface area contributed by atoms with Crippen molar-refractivity contribution in [1.82, 2.24) is 4.90 Å². The molecule has 0 aromatic heterocycles. The monoisotopic (exact) mass is 348 g/mol. The van der Waals surface area contributed by atoms with Gasteiger partial charge in [-0.15, -0.1) is 0 Å². The molecule has 2 amide bonds. The van der Waals surface area contributed by atoms with Gasteiger partial charge in [0.2, 0.25) is 0 Å². The zero-order chi connectivity index (χ0) is 17.6. The van der Waals surface area contributed by atoms with Gasteiger partial charge in [-0.25, -0.2) is 4.79 Å². The molecule has 0 bridgehead atoms. The maximum absolute atomic E-state index is 12.3.